The van der Waals surface area contributed by atoms with Crippen LogP contribution < -0.4 is 0 Å². The maximum atomic E-state index is 13.8. The number of ketones is 1. The van der Waals surface area contributed by atoms with Crippen molar-refractivity contribution in [1.82, 2.24) is 14.7 Å². The molecule has 3 atom stereocenters. The number of hydrogen-bond donors (Lipinski definition) is 1. The Bertz CT molecular complexity index is 1030. The number of β-lactam (4-membered cyclic amide) rings is 1. The molecule has 2 rings (SSSR count). The molecule has 8 nitrogen and oxygen atoms in total. The van der Waals surface area contributed by atoms with Crippen LogP contribution in [0.4, 0.5) is 0 Å². The van der Waals surface area contributed by atoms with E-state index in [4.69, 9.17) is 4.74 Å². The SMILES string of the molecule is C=CCOC(=O)C(N1C(=O)C([C@@H](C)O)C1CC(=O)c1cc(C)n(CC)n1)=P(CCCC)(CCCC)CCCC. The Morgan fingerprint density at radius 3 is 2.13 bits per heavy atom. The van der Waals surface area contributed by atoms with Crippen molar-refractivity contribution in [1.29, 1.82) is 0 Å². The number of hydrogen-bond acceptors (Lipinski definition) is 6. The fourth-order valence-electron chi connectivity index (χ4n) is 5.59. The van der Waals surface area contributed by atoms with E-state index in [-0.39, 0.29) is 24.7 Å². The molecule has 1 aliphatic rings. The number of Topliss-reactive ketones (excluding diaryl/α,β-unsaturated/α-hetero) is 1. The monoisotopic (exact) mass is 563 g/mol. The van der Waals surface area contributed by atoms with Crippen LogP contribution >= 0.6 is 6.89 Å². The molecule has 0 saturated carbocycles. The van der Waals surface area contributed by atoms with Gasteiger partial charge in [0.2, 0.25) is 5.91 Å². The third-order valence-corrected chi connectivity index (χ3v) is 12.6. The number of carbonyl (C=O) groups is 3. The molecule has 2 heterocycles. The fourth-order valence-corrected chi connectivity index (χ4v) is 10.8. The zero-order valence-electron chi connectivity index (χ0n) is 24.9. The lowest BCUT2D eigenvalue weighted by atomic mass is 9.80. The molecular weight excluding hydrogens is 513 g/mol. The van der Waals surface area contributed by atoms with Crippen LogP contribution in [-0.2, 0) is 20.9 Å². The molecule has 2 unspecified atom stereocenters. The maximum absolute atomic E-state index is 13.8. The van der Waals surface area contributed by atoms with E-state index < -0.39 is 30.9 Å². The molecule has 0 aliphatic carbocycles. The minimum absolute atomic E-state index is 0.00491. The van der Waals surface area contributed by atoms with Crippen LogP contribution in [0, 0.1) is 12.8 Å². The first-order valence-corrected chi connectivity index (χ1v) is 17.1. The van der Waals surface area contributed by atoms with Gasteiger partial charge in [-0.3, -0.25) is 14.3 Å². The van der Waals surface area contributed by atoms with Crippen LogP contribution in [0.25, 0.3) is 0 Å². The number of carbonyl (C=O) groups excluding carboxylic acids is 3. The highest BCUT2D eigenvalue weighted by atomic mass is 31.2. The van der Waals surface area contributed by atoms with Crippen LogP contribution in [-0.4, -0.2) is 80.1 Å². The lowest BCUT2D eigenvalue weighted by molar-refractivity contribution is -0.157. The van der Waals surface area contributed by atoms with E-state index in [0.29, 0.717) is 17.7 Å². The summed E-state index contributed by atoms with van der Waals surface area (Å²) in [5.41, 5.74) is 1.70. The second-order valence-corrected chi connectivity index (χ2v) is 14.8. The fraction of sp³-hybridized carbons (Fsp3) is 0.700. The number of aryl methyl sites for hydroxylation is 2. The summed E-state index contributed by atoms with van der Waals surface area (Å²) >= 11 is 0. The van der Waals surface area contributed by atoms with Gasteiger partial charge in [-0.15, -0.1) is 0 Å². The van der Waals surface area contributed by atoms with E-state index in [1.165, 1.54) is 6.08 Å². The first kappa shape index (κ1) is 33.0. The lowest BCUT2D eigenvalue weighted by Gasteiger charge is -2.50. The molecular formula is C30H50N3O5P. The van der Waals surface area contributed by atoms with Crippen LogP contribution in [0.1, 0.15) is 95.7 Å². The second kappa shape index (κ2) is 15.6. The van der Waals surface area contributed by atoms with Gasteiger partial charge in [0.1, 0.15) is 17.7 Å². The third kappa shape index (κ3) is 7.73. The van der Waals surface area contributed by atoms with Crippen LogP contribution in [0.2, 0.25) is 0 Å². The van der Waals surface area contributed by atoms with Gasteiger partial charge in [0.15, 0.2) is 5.78 Å². The number of aromatic nitrogens is 2. The molecule has 0 radical (unpaired) electrons. The standard InChI is InChI=1S/C30H50N3O5P/c1-8-13-17-39(18-14-9-2,19-15-10-3)29(30(37)38-16-11-4)33-25(27(23(7)34)28(33)36)21-26(35)24-20-22(6)32(12-5)31-24/h11,20,23,25,27,34H,4,8-10,12-19,21H2,1-3,5-7H3/t23-,25?,27?/m1/s1. The van der Waals surface area contributed by atoms with Crippen LogP contribution in [0.5, 0.6) is 0 Å². The summed E-state index contributed by atoms with van der Waals surface area (Å²) in [6.07, 6.45) is 9.02. The van der Waals surface area contributed by atoms with Crippen LogP contribution in [0.3, 0.4) is 0 Å². The first-order valence-electron chi connectivity index (χ1n) is 14.7. The summed E-state index contributed by atoms with van der Waals surface area (Å²) in [5.74, 6) is -1.72. The van der Waals surface area contributed by atoms with Crippen molar-refractivity contribution in [2.24, 2.45) is 5.92 Å². The highest BCUT2D eigenvalue weighted by molar-refractivity contribution is 7.77. The number of likely N-dealkylation sites (tertiary alicyclic amines) is 1. The molecule has 1 aliphatic heterocycles. The zero-order valence-corrected chi connectivity index (χ0v) is 25.8. The first-order chi connectivity index (χ1) is 18.6. The Morgan fingerprint density at radius 2 is 1.69 bits per heavy atom. The minimum Gasteiger partial charge on any atom is -0.457 e. The molecule has 39 heavy (non-hydrogen) atoms. The molecule has 0 aromatic carbocycles. The summed E-state index contributed by atoms with van der Waals surface area (Å²) < 4.78 is 7.42. The number of rotatable bonds is 18. The summed E-state index contributed by atoms with van der Waals surface area (Å²) in [5, 5.41) is 15.0. The molecule has 1 aromatic heterocycles. The van der Waals surface area contributed by atoms with Crippen molar-refractivity contribution in [3.05, 3.63) is 30.1 Å². The van der Waals surface area contributed by atoms with Crippen molar-refractivity contribution in [3.63, 3.8) is 0 Å². The van der Waals surface area contributed by atoms with Crippen molar-refractivity contribution >= 4 is 30.0 Å². The topological polar surface area (TPSA) is 102 Å². The summed E-state index contributed by atoms with van der Waals surface area (Å²) in [6.45, 7) is 14.1. The number of aliphatic hydroxyl groups is 1. The van der Waals surface area contributed by atoms with E-state index in [2.05, 4.69) is 32.4 Å². The van der Waals surface area contributed by atoms with Crippen LogP contribution in [0.15, 0.2) is 18.7 Å². The average Bonchev–Trinajstić information content (AvgIpc) is 3.30. The highest BCUT2D eigenvalue weighted by Crippen LogP contribution is 2.54. The Morgan fingerprint density at radius 1 is 1.13 bits per heavy atom. The van der Waals surface area contributed by atoms with E-state index in [1.807, 2.05) is 13.8 Å². The predicted octanol–water partition coefficient (Wildman–Crippen LogP) is 5.27. The maximum Gasteiger partial charge on any atom is 0.355 e. The number of ether oxygens (including phenoxy) is 1. The van der Waals surface area contributed by atoms with Crippen molar-refractivity contribution in [2.45, 2.75) is 105 Å². The largest absolute Gasteiger partial charge is 0.457 e. The second-order valence-electron chi connectivity index (χ2n) is 10.7. The molecule has 1 N–H and O–H groups in total. The summed E-state index contributed by atoms with van der Waals surface area (Å²) in [6, 6.07) is 1.14. The van der Waals surface area contributed by atoms with Gasteiger partial charge in [0, 0.05) is 18.7 Å². The molecule has 9 heteroatoms. The van der Waals surface area contributed by atoms with E-state index in [1.54, 1.807) is 22.6 Å². The van der Waals surface area contributed by atoms with Gasteiger partial charge in [-0.1, -0.05) is 59.6 Å². The van der Waals surface area contributed by atoms with Gasteiger partial charge in [0.25, 0.3) is 0 Å². The minimum atomic E-state index is -2.13. The Labute approximate surface area is 235 Å². The van der Waals surface area contributed by atoms with E-state index >= 15 is 0 Å². The number of esters is 1. The van der Waals surface area contributed by atoms with Gasteiger partial charge in [-0.05, 0) is 64.6 Å². The Hall–Kier alpha value is -2.18. The molecule has 1 amide bonds. The predicted molar refractivity (Wildman–Crippen MR) is 160 cm³/mol. The molecule has 1 saturated heterocycles. The molecule has 0 spiro atoms. The van der Waals surface area contributed by atoms with Gasteiger partial charge >= 0.3 is 5.97 Å². The zero-order chi connectivity index (χ0) is 29.2. The highest BCUT2D eigenvalue weighted by Gasteiger charge is 2.54. The lowest BCUT2D eigenvalue weighted by Crippen LogP contribution is -2.68. The normalized spacial score (nSPS) is 18.0. The molecule has 0 bridgehead atoms. The van der Waals surface area contributed by atoms with Gasteiger partial charge in [-0.2, -0.15) is 5.10 Å². The number of amides is 1. The number of aliphatic hydroxyl groups excluding tert-OH is 1. The smallest absolute Gasteiger partial charge is 0.355 e. The van der Waals surface area contributed by atoms with Crippen molar-refractivity contribution < 1.29 is 24.2 Å². The van der Waals surface area contributed by atoms with Crippen molar-refractivity contribution in [2.75, 3.05) is 25.1 Å². The van der Waals surface area contributed by atoms with Gasteiger partial charge in [-0.25, -0.2) is 4.79 Å². The van der Waals surface area contributed by atoms with E-state index in [9.17, 15) is 19.5 Å². The summed E-state index contributed by atoms with van der Waals surface area (Å²) in [4.78, 5) is 42.6. The Balaban J connectivity index is 2.70. The average molecular weight is 564 g/mol. The van der Waals surface area contributed by atoms with E-state index in [0.717, 1.165) is 62.7 Å². The third-order valence-electron chi connectivity index (χ3n) is 7.76. The Kier molecular flexibility index (Phi) is 13.2. The van der Waals surface area contributed by atoms with Crippen molar-refractivity contribution in [3.8, 4) is 0 Å². The summed E-state index contributed by atoms with van der Waals surface area (Å²) in [7, 11) is 0. The molecule has 1 aromatic rings. The quantitative estimate of drug-likeness (QED) is 0.0859. The molecule has 220 valence electrons. The van der Waals surface area contributed by atoms with Gasteiger partial charge in [0.05, 0.1) is 18.1 Å². The molecule has 1 fully saturated rings. The number of nitrogens with zero attached hydrogens (tertiary/aromatic N) is 3. The number of unbranched alkanes of at least 4 members (excludes halogenated alkanes) is 3. The van der Waals surface area contributed by atoms with Gasteiger partial charge < -0.3 is 14.7 Å².